The van der Waals surface area contributed by atoms with Crippen molar-refractivity contribution in [1.29, 1.82) is 0 Å². The Morgan fingerprint density at radius 1 is 0.951 bits per heavy atom. The van der Waals surface area contributed by atoms with Gasteiger partial charge in [0.1, 0.15) is 24.4 Å². The van der Waals surface area contributed by atoms with Gasteiger partial charge >= 0.3 is 0 Å². The Balaban J connectivity index is 1.26. The fourth-order valence-electron chi connectivity index (χ4n) is 10.2. The van der Waals surface area contributed by atoms with E-state index in [1.165, 1.54) is 32.1 Å². The van der Waals surface area contributed by atoms with Gasteiger partial charge in [-0.1, -0.05) is 65.3 Å². The summed E-state index contributed by atoms with van der Waals surface area (Å²) in [5.41, 5.74) is 2.41. The molecule has 4 fully saturated rings. The van der Waals surface area contributed by atoms with Gasteiger partial charge in [0.15, 0.2) is 6.29 Å². The normalized spacial score (nSPS) is 47.9. The van der Waals surface area contributed by atoms with E-state index in [4.69, 9.17) is 9.47 Å². The summed E-state index contributed by atoms with van der Waals surface area (Å²) in [7, 11) is 0. The minimum atomic E-state index is -1.40. The highest BCUT2D eigenvalue weighted by Gasteiger charge is 2.58. The van der Waals surface area contributed by atoms with Gasteiger partial charge in [-0.3, -0.25) is 0 Å². The Hall–Kier alpha value is -0.760. The van der Waals surface area contributed by atoms with Crippen LogP contribution in [0.2, 0.25) is 0 Å². The largest absolute Gasteiger partial charge is 0.394 e. The highest BCUT2D eigenvalue weighted by molar-refractivity contribution is 5.28. The molecule has 4 aliphatic carbocycles. The lowest BCUT2D eigenvalue weighted by Crippen LogP contribution is -2.60. The first-order chi connectivity index (χ1) is 19.4. The summed E-state index contributed by atoms with van der Waals surface area (Å²) in [4.78, 5) is 0. The zero-order chi connectivity index (χ0) is 29.7. The van der Waals surface area contributed by atoms with Gasteiger partial charge in [0.2, 0.25) is 0 Å². The lowest BCUT2D eigenvalue weighted by atomic mass is 9.47. The van der Waals surface area contributed by atoms with Gasteiger partial charge in [-0.2, -0.15) is 0 Å². The topological polar surface area (TPSA) is 99.4 Å². The van der Waals surface area contributed by atoms with Crippen LogP contribution >= 0.6 is 0 Å². The molecule has 0 aromatic rings. The first kappa shape index (κ1) is 31.7. The number of allylic oxidation sites excluding steroid dienone is 4. The number of ether oxygens (including phenoxy) is 2. The van der Waals surface area contributed by atoms with Crippen molar-refractivity contribution in [3.8, 4) is 0 Å². The van der Waals surface area contributed by atoms with Crippen LogP contribution in [0.3, 0.4) is 0 Å². The molecule has 5 rings (SSSR count). The molecule has 12 unspecified atom stereocenters. The van der Waals surface area contributed by atoms with Crippen molar-refractivity contribution in [2.24, 2.45) is 52.3 Å². The lowest BCUT2D eigenvalue weighted by Gasteiger charge is -2.58. The van der Waals surface area contributed by atoms with E-state index >= 15 is 0 Å². The first-order valence-electron chi connectivity index (χ1n) is 16.8. The van der Waals surface area contributed by atoms with Crippen LogP contribution in [0.5, 0.6) is 0 Å². The molecule has 1 saturated heterocycles. The maximum Gasteiger partial charge on any atom is 0.186 e. The average molecular weight is 575 g/mol. The maximum atomic E-state index is 10.5. The minimum Gasteiger partial charge on any atom is -0.394 e. The molecular weight excluding hydrogens is 516 g/mol. The van der Waals surface area contributed by atoms with Crippen LogP contribution in [0.4, 0.5) is 0 Å². The van der Waals surface area contributed by atoms with Crippen molar-refractivity contribution in [2.45, 2.75) is 136 Å². The van der Waals surface area contributed by atoms with Crippen LogP contribution in [0, 0.1) is 52.3 Å². The summed E-state index contributed by atoms with van der Waals surface area (Å²) in [5, 5.41) is 40.4. The second-order valence-corrected chi connectivity index (χ2v) is 15.3. The zero-order valence-corrected chi connectivity index (χ0v) is 26.4. The SMILES string of the molecule is CCC(C=CC(C)C1CCC2C3=CCC4CC(OC5OC(CO)C(O)C(O)C5O)CC[C@]4(C)C3CC[C@@]21C)C(C)C. The second-order valence-electron chi connectivity index (χ2n) is 15.3. The number of rotatable bonds is 8. The summed E-state index contributed by atoms with van der Waals surface area (Å²) in [5.74, 6) is 4.61. The van der Waals surface area contributed by atoms with Crippen molar-refractivity contribution < 1.29 is 29.9 Å². The van der Waals surface area contributed by atoms with Gasteiger partial charge in [0.25, 0.3) is 0 Å². The van der Waals surface area contributed by atoms with Crippen molar-refractivity contribution in [2.75, 3.05) is 6.61 Å². The van der Waals surface area contributed by atoms with Gasteiger partial charge in [-0.05, 0) is 110 Å². The minimum absolute atomic E-state index is 0.0698. The van der Waals surface area contributed by atoms with E-state index < -0.39 is 37.3 Å². The van der Waals surface area contributed by atoms with Crippen LogP contribution in [0.15, 0.2) is 23.8 Å². The summed E-state index contributed by atoms with van der Waals surface area (Å²) >= 11 is 0. The molecule has 0 spiro atoms. The first-order valence-corrected chi connectivity index (χ1v) is 16.8. The Kier molecular flexibility index (Phi) is 9.51. The maximum absolute atomic E-state index is 10.5. The van der Waals surface area contributed by atoms with Gasteiger partial charge in [-0.25, -0.2) is 0 Å². The highest BCUT2D eigenvalue weighted by atomic mass is 16.7. The van der Waals surface area contributed by atoms with Crippen LogP contribution < -0.4 is 0 Å². The molecule has 0 bridgehead atoms. The van der Waals surface area contributed by atoms with E-state index in [1.807, 2.05) is 0 Å². The molecule has 0 aromatic carbocycles. The molecule has 3 saturated carbocycles. The average Bonchev–Trinajstić information content (AvgIpc) is 3.30. The quantitative estimate of drug-likeness (QED) is 0.281. The van der Waals surface area contributed by atoms with Crippen LogP contribution in [0.25, 0.3) is 0 Å². The molecule has 0 radical (unpaired) electrons. The molecule has 41 heavy (non-hydrogen) atoms. The third-order valence-corrected chi connectivity index (χ3v) is 12.9. The van der Waals surface area contributed by atoms with Crippen molar-refractivity contribution in [1.82, 2.24) is 0 Å². The molecule has 1 aliphatic heterocycles. The fraction of sp³-hybridized carbons (Fsp3) is 0.886. The summed E-state index contributed by atoms with van der Waals surface area (Å²) in [6.07, 6.45) is 12.0. The van der Waals surface area contributed by atoms with Gasteiger partial charge in [0, 0.05) is 0 Å². The van der Waals surface area contributed by atoms with Crippen LogP contribution in [-0.4, -0.2) is 63.8 Å². The van der Waals surface area contributed by atoms with Gasteiger partial charge in [0.05, 0.1) is 12.7 Å². The highest BCUT2D eigenvalue weighted by Crippen LogP contribution is 2.67. The Labute approximate surface area is 248 Å². The van der Waals surface area contributed by atoms with E-state index in [-0.39, 0.29) is 11.5 Å². The summed E-state index contributed by atoms with van der Waals surface area (Å²) in [6, 6.07) is 0. The van der Waals surface area contributed by atoms with E-state index in [9.17, 15) is 20.4 Å². The Morgan fingerprint density at radius 3 is 2.34 bits per heavy atom. The predicted molar refractivity (Wildman–Crippen MR) is 161 cm³/mol. The van der Waals surface area contributed by atoms with E-state index in [0.29, 0.717) is 40.9 Å². The fourth-order valence-corrected chi connectivity index (χ4v) is 10.2. The number of hydrogen-bond donors (Lipinski definition) is 4. The number of aliphatic hydroxyl groups is 4. The number of fused-ring (bicyclic) bond motifs is 5. The van der Waals surface area contributed by atoms with E-state index in [0.717, 1.165) is 31.6 Å². The molecular formula is C35H58O6. The zero-order valence-electron chi connectivity index (χ0n) is 26.4. The molecule has 6 nitrogen and oxygen atoms in total. The predicted octanol–water partition coefficient (Wildman–Crippen LogP) is 5.63. The molecule has 14 atom stereocenters. The molecule has 4 N–H and O–H groups in total. The number of hydrogen-bond acceptors (Lipinski definition) is 6. The van der Waals surface area contributed by atoms with Crippen LogP contribution in [0.1, 0.15) is 99.3 Å². The molecule has 0 aromatic heterocycles. The molecule has 1 heterocycles. The van der Waals surface area contributed by atoms with Gasteiger partial charge < -0.3 is 29.9 Å². The summed E-state index contributed by atoms with van der Waals surface area (Å²) in [6.45, 7) is 14.2. The van der Waals surface area contributed by atoms with Crippen molar-refractivity contribution >= 4 is 0 Å². The molecule has 0 amide bonds. The Morgan fingerprint density at radius 2 is 1.66 bits per heavy atom. The van der Waals surface area contributed by atoms with Crippen molar-refractivity contribution in [3.05, 3.63) is 23.8 Å². The molecule has 5 aliphatic rings. The van der Waals surface area contributed by atoms with Crippen molar-refractivity contribution in [3.63, 3.8) is 0 Å². The van der Waals surface area contributed by atoms with Gasteiger partial charge in [-0.15, -0.1) is 0 Å². The Bertz CT molecular complexity index is 960. The monoisotopic (exact) mass is 574 g/mol. The summed E-state index contributed by atoms with van der Waals surface area (Å²) < 4.78 is 11.9. The molecule has 234 valence electrons. The van der Waals surface area contributed by atoms with Crippen LogP contribution in [-0.2, 0) is 9.47 Å². The smallest absolute Gasteiger partial charge is 0.186 e. The van der Waals surface area contributed by atoms with E-state index in [1.54, 1.807) is 5.57 Å². The third-order valence-electron chi connectivity index (χ3n) is 12.9. The molecule has 6 heteroatoms. The lowest BCUT2D eigenvalue weighted by molar-refractivity contribution is -0.315. The number of aliphatic hydroxyl groups excluding tert-OH is 4. The second kappa shape index (κ2) is 12.3. The standard InChI is InChI=1S/C35H58O6/c1-7-22(20(2)3)9-8-21(4)26-12-13-27-25-11-10-23-18-24(14-16-34(23,5)28(25)15-17-35(26,27)6)40-33-32(39)31(38)30(37)29(19-36)41-33/h8-9,11,20-24,26-33,36-39H,7,10,12-19H2,1-6H3/t21?,22?,23?,24?,26?,27?,28?,29?,30?,31?,32?,33?,34-,35+/m0/s1. The van der Waals surface area contributed by atoms with E-state index in [2.05, 4.69) is 59.8 Å². The third kappa shape index (κ3) is 5.64.